The van der Waals surface area contributed by atoms with E-state index >= 15 is 8.78 Å². The summed E-state index contributed by atoms with van der Waals surface area (Å²) in [5.41, 5.74) is 2.18. The maximum atomic E-state index is 15.5. The number of fused-ring (bicyclic) bond motifs is 2. The first-order valence-electron chi connectivity index (χ1n) is 12.2. The smallest absolute Gasteiger partial charge is 0.133 e. The molecule has 5 unspecified atom stereocenters. The summed E-state index contributed by atoms with van der Waals surface area (Å²) in [5, 5.41) is 0. The zero-order chi connectivity index (χ0) is 20.4. The number of rotatable bonds is 6. The molecule has 2 fully saturated rings. The molecule has 0 saturated heterocycles. The van der Waals surface area contributed by atoms with Gasteiger partial charge in [-0.15, -0.1) is 0 Å². The molecule has 2 saturated carbocycles. The molecular weight excluding hydrogens is 366 g/mol. The van der Waals surface area contributed by atoms with Gasteiger partial charge in [-0.25, -0.2) is 8.78 Å². The van der Waals surface area contributed by atoms with Crippen LogP contribution in [-0.4, -0.2) is 12.7 Å². The van der Waals surface area contributed by atoms with E-state index in [0.717, 1.165) is 88.4 Å². The van der Waals surface area contributed by atoms with Gasteiger partial charge in [0.15, 0.2) is 0 Å². The Bertz CT molecular complexity index is 700. The van der Waals surface area contributed by atoms with Crippen LogP contribution in [0, 0.1) is 29.4 Å². The van der Waals surface area contributed by atoms with Crippen LogP contribution in [0.2, 0.25) is 0 Å². The predicted molar refractivity (Wildman–Crippen MR) is 114 cm³/mol. The molecule has 3 aliphatic carbocycles. The Morgan fingerprint density at radius 3 is 2.55 bits per heavy atom. The molecule has 0 bridgehead atoms. The lowest BCUT2D eigenvalue weighted by molar-refractivity contribution is -0.0150. The summed E-state index contributed by atoms with van der Waals surface area (Å²) in [7, 11) is 0. The molecule has 29 heavy (non-hydrogen) atoms. The molecule has 1 aromatic rings. The van der Waals surface area contributed by atoms with E-state index in [2.05, 4.69) is 13.8 Å². The molecule has 0 aliphatic heterocycles. The van der Waals surface area contributed by atoms with Crippen molar-refractivity contribution in [1.82, 2.24) is 0 Å². The minimum Gasteiger partial charge on any atom is -0.378 e. The van der Waals surface area contributed by atoms with Gasteiger partial charge >= 0.3 is 0 Å². The highest BCUT2D eigenvalue weighted by Gasteiger charge is 2.38. The zero-order valence-corrected chi connectivity index (χ0v) is 18.3. The topological polar surface area (TPSA) is 9.23 Å². The van der Waals surface area contributed by atoms with Crippen molar-refractivity contribution in [2.24, 2.45) is 17.8 Å². The van der Waals surface area contributed by atoms with Gasteiger partial charge < -0.3 is 4.74 Å². The Hall–Kier alpha value is -0.960. The van der Waals surface area contributed by atoms with Crippen LogP contribution in [0.3, 0.4) is 0 Å². The molecule has 0 radical (unpaired) electrons. The van der Waals surface area contributed by atoms with Crippen LogP contribution >= 0.6 is 0 Å². The first-order chi connectivity index (χ1) is 14.1. The van der Waals surface area contributed by atoms with Crippen LogP contribution < -0.4 is 0 Å². The van der Waals surface area contributed by atoms with Crippen LogP contribution in [0.1, 0.15) is 101 Å². The molecule has 1 nitrogen and oxygen atoms in total. The van der Waals surface area contributed by atoms with E-state index in [-0.39, 0.29) is 17.6 Å². The van der Waals surface area contributed by atoms with Crippen molar-refractivity contribution in [3.05, 3.63) is 34.4 Å². The van der Waals surface area contributed by atoms with Crippen molar-refractivity contribution in [2.75, 3.05) is 6.61 Å². The van der Waals surface area contributed by atoms with Crippen molar-refractivity contribution in [1.29, 1.82) is 0 Å². The van der Waals surface area contributed by atoms with Crippen LogP contribution in [0.15, 0.2) is 6.07 Å². The van der Waals surface area contributed by atoms with Crippen LogP contribution in [0.4, 0.5) is 8.78 Å². The Morgan fingerprint density at radius 2 is 1.76 bits per heavy atom. The Labute approximate surface area is 175 Å². The summed E-state index contributed by atoms with van der Waals surface area (Å²) in [5.74, 6) is 1.47. The van der Waals surface area contributed by atoms with E-state index in [4.69, 9.17) is 4.74 Å². The Balaban J connectivity index is 1.46. The van der Waals surface area contributed by atoms with Gasteiger partial charge in [0.05, 0.1) is 6.10 Å². The van der Waals surface area contributed by atoms with E-state index in [1.807, 2.05) is 0 Å². The highest BCUT2D eigenvalue weighted by atomic mass is 19.1. The molecule has 0 aromatic heterocycles. The first kappa shape index (κ1) is 21.3. The van der Waals surface area contributed by atoms with Crippen molar-refractivity contribution in [3.63, 3.8) is 0 Å². The van der Waals surface area contributed by atoms with Gasteiger partial charge in [0.1, 0.15) is 11.6 Å². The number of ether oxygens (including phenoxy) is 1. The lowest BCUT2D eigenvalue weighted by Crippen LogP contribution is -2.34. The summed E-state index contributed by atoms with van der Waals surface area (Å²) >= 11 is 0. The van der Waals surface area contributed by atoms with Crippen molar-refractivity contribution < 1.29 is 13.5 Å². The average molecular weight is 405 g/mol. The quantitative estimate of drug-likeness (QED) is 0.481. The average Bonchev–Trinajstić information content (AvgIpc) is 2.72. The number of benzene rings is 1. The fourth-order valence-corrected chi connectivity index (χ4v) is 6.51. The molecule has 0 spiro atoms. The van der Waals surface area contributed by atoms with E-state index in [1.54, 1.807) is 6.07 Å². The molecule has 1 aromatic carbocycles. The van der Waals surface area contributed by atoms with Crippen molar-refractivity contribution in [3.8, 4) is 0 Å². The second kappa shape index (κ2) is 9.45. The fraction of sp³-hybridized carbons (Fsp3) is 0.769. The fourth-order valence-electron chi connectivity index (χ4n) is 6.51. The summed E-state index contributed by atoms with van der Waals surface area (Å²) in [6, 6.07) is 1.69. The Kier molecular flexibility index (Phi) is 6.94. The Morgan fingerprint density at radius 1 is 0.966 bits per heavy atom. The van der Waals surface area contributed by atoms with Gasteiger partial charge in [-0.3, -0.25) is 0 Å². The van der Waals surface area contributed by atoms with Crippen molar-refractivity contribution >= 4 is 0 Å². The molecule has 3 aliphatic rings. The minimum absolute atomic E-state index is 0.0584. The number of hydrogen-bond donors (Lipinski definition) is 0. The predicted octanol–water partition coefficient (Wildman–Crippen LogP) is 7.35. The summed E-state index contributed by atoms with van der Waals surface area (Å²) in [6.07, 6.45) is 12.9. The molecule has 0 heterocycles. The van der Waals surface area contributed by atoms with E-state index in [1.165, 1.54) is 6.42 Å². The van der Waals surface area contributed by atoms with Crippen LogP contribution in [0.25, 0.3) is 0 Å². The van der Waals surface area contributed by atoms with Gasteiger partial charge in [-0.05, 0) is 105 Å². The van der Waals surface area contributed by atoms with Crippen LogP contribution in [0.5, 0.6) is 0 Å². The molecule has 4 rings (SSSR count). The first-order valence-corrected chi connectivity index (χ1v) is 12.2. The number of hydrogen-bond acceptors (Lipinski definition) is 1. The highest BCUT2D eigenvalue weighted by molar-refractivity contribution is 5.39. The lowest BCUT2D eigenvalue weighted by Gasteiger charge is -2.42. The number of halogens is 2. The van der Waals surface area contributed by atoms with Gasteiger partial charge in [-0.1, -0.05) is 26.7 Å². The lowest BCUT2D eigenvalue weighted by atomic mass is 9.65. The third-order valence-electron chi connectivity index (χ3n) is 7.99. The van der Waals surface area contributed by atoms with E-state index in [9.17, 15) is 0 Å². The summed E-state index contributed by atoms with van der Waals surface area (Å²) in [6.45, 7) is 5.21. The molecule has 0 amide bonds. The SMILES string of the molecule is CCCOC1CCC2CC(c3c(F)cc4c(c3F)CCC(CCC)C4)CCC2C1. The van der Waals surface area contributed by atoms with Crippen LogP contribution in [-0.2, 0) is 17.6 Å². The normalized spacial score (nSPS) is 31.9. The molecular formula is C26H38F2O. The molecule has 5 atom stereocenters. The van der Waals surface area contributed by atoms with Crippen molar-refractivity contribution in [2.45, 2.75) is 103 Å². The van der Waals surface area contributed by atoms with Gasteiger partial charge in [0, 0.05) is 12.2 Å². The second-order valence-electron chi connectivity index (χ2n) is 9.96. The van der Waals surface area contributed by atoms with Gasteiger partial charge in [0.25, 0.3) is 0 Å². The van der Waals surface area contributed by atoms with Gasteiger partial charge in [-0.2, -0.15) is 0 Å². The third-order valence-corrected chi connectivity index (χ3v) is 7.99. The largest absolute Gasteiger partial charge is 0.378 e. The van der Waals surface area contributed by atoms with E-state index in [0.29, 0.717) is 29.4 Å². The monoisotopic (exact) mass is 404 g/mol. The summed E-state index contributed by atoms with van der Waals surface area (Å²) < 4.78 is 36.6. The maximum Gasteiger partial charge on any atom is 0.133 e. The second-order valence-corrected chi connectivity index (χ2v) is 9.96. The maximum absolute atomic E-state index is 15.5. The zero-order valence-electron chi connectivity index (χ0n) is 18.3. The third kappa shape index (κ3) is 4.55. The highest BCUT2D eigenvalue weighted by Crippen LogP contribution is 2.48. The minimum atomic E-state index is -0.276. The molecule has 3 heteroatoms. The van der Waals surface area contributed by atoms with Gasteiger partial charge in [0.2, 0.25) is 0 Å². The standard InChI is InChI=1S/C26H38F2O/c1-3-5-17-6-11-23-21(13-17)16-24(27)25(26(23)28)20-8-7-19-15-22(29-12-4-2)10-9-18(19)14-20/h16-20,22H,3-15H2,1-2H3. The van der Waals surface area contributed by atoms with E-state index < -0.39 is 0 Å². The summed E-state index contributed by atoms with van der Waals surface area (Å²) in [4.78, 5) is 0. The molecule has 162 valence electrons. The molecule has 0 N–H and O–H groups in total.